The van der Waals surface area contributed by atoms with Gasteiger partial charge in [-0.2, -0.15) is 0 Å². The predicted molar refractivity (Wildman–Crippen MR) is 71.0 cm³/mol. The summed E-state index contributed by atoms with van der Waals surface area (Å²) in [4.78, 5) is 4.36. The second-order valence-electron chi connectivity index (χ2n) is 5.89. The average molecular weight is 239 g/mol. The quantitative estimate of drug-likeness (QED) is 0.872. The number of fused-ring (bicyclic) bond motifs is 2. The Labute approximate surface area is 107 Å². The highest BCUT2D eigenvalue weighted by Gasteiger charge is 2.47. The van der Waals surface area contributed by atoms with Crippen LogP contribution in [0.15, 0.2) is 36.5 Å². The van der Waals surface area contributed by atoms with Gasteiger partial charge in [-0.25, -0.2) is 0 Å². The minimum absolute atomic E-state index is 0.302. The van der Waals surface area contributed by atoms with Gasteiger partial charge in [-0.05, 0) is 54.7 Å². The molecule has 2 aromatic rings. The molecule has 2 fully saturated rings. The summed E-state index contributed by atoms with van der Waals surface area (Å²) in [6.45, 7) is 0. The second-order valence-corrected chi connectivity index (χ2v) is 5.89. The fraction of sp³-hybridized carbons (Fsp3) is 0.438. The molecule has 1 aromatic carbocycles. The lowest BCUT2D eigenvalue weighted by Crippen LogP contribution is -2.10. The first-order valence-corrected chi connectivity index (χ1v) is 6.84. The van der Waals surface area contributed by atoms with Crippen LogP contribution in [0.4, 0.5) is 0 Å². The van der Waals surface area contributed by atoms with Gasteiger partial charge in [-0.1, -0.05) is 18.2 Å². The Morgan fingerprint density at radius 1 is 1.11 bits per heavy atom. The fourth-order valence-electron chi connectivity index (χ4n) is 3.56. The zero-order chi connectivity index (χ0) is 12.1. The number of aliphatic hydroxyl groups is 1. The number of hydrogen-bond donors (Lipinski definition) is 1. The molecule has 0 spiro atoms. The Morgan fingerprint density at radius 3 is 2.78 bits per heavy atom. The Hall–Kier alpha value is -1.41. The number of aromatic nitrogens is 1. The van der Waals surface area contributed by atoms with Crippen molar-refractivity contribution in [3.05, 3.63) is 42.1 Å². The van der Waals surface area contributed by atoms with Crippen molar-refractivity contribution in [3.8, 4) is 0 Å². The van der Waals surface area contributed by atoms with Gasteiger partial charge in [0.2, 0.25) is 0 Å². The number of rotatable bonds is 2. The standard InChI is InChI=1S/C16H17NO/c18-16(14-7-12-6-13(12)8-14)11-4-3-10-2-1-5-17-15(10)9-11/h1-5,9,12-14,16,18H,6-8H2. The van der Waals surface area contributed by atoms with Gasteiger partial charge in [0.05, 0.1) is 11.6 Å². The molecule has 0 bridgehead atoms. The van der Waals surface area contributed by atoms with E-state index in [4.69, 9.17) is 0 Å². The minimum Gasteiger partial charge on any atom is -0.388 e. The predicted octanol–water partition coefficient (Wildman–Crippen LogP) is 3.31. The van der Waals surface area contributed by atoms with Gasteiger partial charge in [0, 0.05) is 11.6 Å². The number of nitrogens with zero attached hydrogens (tertiary/aromatic N) is 1. The van der Waals surface area contributed by atoms with Crippen molar-refractivity contribution >= 4 is 10.9 Å². The van der Waals surface area contributed by atoms with Crippen molar-refractivity contribution in [2.45, 2.75) is 25.4 Å². The maximum absolute atomic E-state index is 10.5. The zero-order valence-corrected chi connectivity index (χ0v) is 10.3. The van der Waals surface area contributed by atoms with Gasteiger partial charge in [0.15, 0.2) is 0 Å². The Kier molecular flexibility index (Phi) is 2.21. The van der Waals surface area contributed by atoms with E-state index in [1.807, 2.05) is 18.3 Å². The topological polar surface area (TPSA) is 33.1 Å². The molecule has 1 heterocycles. The van der Waals surface area contributed by atoms with E-state index in [-0.39, 0.29) is 6.10 Å². The maximum atomic E-state index is 10.5. The third-order valence-electron chi connectivity index (χ3n) is 4.70. The van der Waals surface area contributed by atoms with E-state index in [0.29, 0.717) is 5.92 Å². The molecular weight excluding hydrogens is 222 g/mol. The van der Waals surface area contributed by atoms with Crippen LogP contribution in [-0.4, -0.2) is 10.1 Å². The normalized spacial score (nSPS) is 31.3. The Balaban J connectivity index is 1.65. The lowest BCUT2D eigenvalue weighted by Gasteiger charge is -2.20. The summed E-state index contributed by atoms with van der Waals surface area (Å²) in [5, 5.41) is 11.6. The van der Waals surface area contributed by atoms with Crippen LogP contribution >= 0.6 is 0 Å². The average Bonchev–Trinajstić information content (AvgIpc) is 3.04. The molecule has 2 heteroatoms. The largest absolute Gasteiger partial charge is 0.388 e. The van der Waals surface area contributed by atoms with E-state index in [0.717, 1.165) is 28.3 Å². The van der Waals surface area contributed by atoms with Crippen molar-refractivity contribution in [2.24, 2.45) is 17.8 Å². The number of pyridine rings is 1. The fourth-order valence-corrected chi connectivity index (χ4v) is 3.56. The first-order chi connectivity index (χ1) is 8.81. The van der Waals surface area contributed by atoms with Crippen molar-refractivity contribution in [3.63, 3.8) is 0 Å². The monoisotopic (exact) mass is 239 g/mol. The minimum atomic E-state index is -0.302. The van der Waals surface area contributed by atoms with E-state index in [1.54, 1.807) is 0 Å². The Bertz CT molecular complexity index is 584. The maximum Gasteiger partial charge on any atom is 0.0819 e. The highest BCUT2D eigenvalue weighted by atomic mass is 16.3. The van der Waals surface area contributed by atoms with Crippen LogP contribution in [0.25, 0.3) is 10.9 Å². The van der Waals surface area contributed by atoms with E-state index in [2.05, 4.69) is 23.2 Å². The summed E-state index contributed by atoms with van der Waals surface area (Å²) in [7, 11) is 0. The van der Waals surface area contributed by atoms with Gasteiger partial charge in [-0.3, -0.25) is 4.98 Å². The van der Waals surface area contributed by atoms with E-state index in [9.17, 15) is 5.11 Å². The molecule has 0 amide bonds. The summed E-state index contributed by atoms with van der Waals surface area (Å²) in [6, 6.07) is 10.2. The third-order valence-corrected chi connectivity index (χ3v) is 4.70. The van der Waals surface area contributed by atoms with Crippen LogP contribution in [-0.2, 0) is 0 Å². The van der Waals surface area contributed by atoms with Crippen LogP contribution in [0.2, 0.25) is 0 Å². The molecule has 0 radical (unpaired) electrons. The van der Waals surface area contributed by atoms with Crippen LogP contribution in [0.1, 0.15) is 30.9 Å². The van der Waals surface area contributed by atoms with Gasteiger partial charge in [-0.15, -0.1) is 0 Å². The first-order valence-electron chi connectivity index (χ1n) is 6.84. The molecule has 2 nitrogen and oxygen atoms in total. The molecular formula is C16H17NO. The SMILES string of the molecule is OC(c1ccc2cccnc2c1)C1CC2CC2C1. The summed E-state index contributed by atoms with van der Waals surface area (Å²) in [5.41, 5.74) is 2.02. The Morgan fingerprint density at radius 2 is 1.94 bits per heavy atom. The van der Waals surface area contributed by atoms with Gasteiger partial charge in [0.25, 0.3) is 0 Å². The number of benzene rings is 1. The van der Waals surface area contributed by atoms with E-state index in [1.165, 1.54) is 19.3 Å². The molecule has 0 aliphatic heterocycles. The van der Waals surface area contributed by atoms with Gasteiger partial charge < -0.3 is 5.11 Å². The van der Waals surface area contributed by atoms with E-state index >= 15 is 0 Å². The highest BCUT2D eigenvalue weighted by molar-refractivity contribution is 5.78. The summed E-state index contributed by atoms with van der Waals surface area (Å²) < 4.78 is 0. The van der Waals surface area contributed by atoms with Gasteiger partial charge >= 0.3 is 0 Å². The molecule has 4 rings (SSSR count). The summed E-state index contributed by atoms with van der Waals surface area (Å²) in [6.07, 6.45) is 5.34. The zero-order valence-electron chi connectivity index (χ0n) is 10.3. The lowest BCUT2D eigenvalue weighted by molar-refractivity contribution is 0.104. The van der Waals surface area contributed by atoms with Crippen LogP contribution in [0, 0.1) is 17.8 Å². The molecule has 2 saturated carbocycles. The lowest BCUT2D eigenvalue weighted by atomic mass is 9.91. The third kappa shape index (κ3) is 1.64. The van der Waals surface area contributed by atoms with Crippen molar-refractivity contribution in [2.75, 3.05) is 0 Å². The first kappa shape index (κ1) is 10.5. The molecule has 1 N–H and O–H groups in total. The van der Waals surface area contributed by atoms with Crippen molar-refractivity contribution < 1.29 is 5.11 Å². The molecule has 0 saturated heterocycles. The van der Waals surface area contributed by atoms with Crippen LogP contribution < -0.4 is 0 Å². The molecule has 92 valence electrons. The summed E-state index contributed by atoms with van der Waals surface area (Å²) >= 11 is 0. The smallest absolute Gasteiger partial charge is 0.0819 e. The summed E-state index contributed by atoms with van der Waals surface area (Å²) in [5.74, 6) is 2.31. The van der Waals surface area contributed by atoms with Crippen molar-refractivity contribution in [1.82, 2.24) is 4.98 Å². The molecule has 18 heavy (non-hydrogen) atoms. The second kappa shape index (κ2) is 3.79. The van der Waals surface area contributed by atoms with Gasteiger partial charge in [0.1, 0.15) is 0 Å². The number of hydrogen-bond acceptors (Lipinski definition) is 2. The molecule has 3 unspecified atom stereocenters. The number of aliphatic hydroxyl groups excluding tert-OH is 1. The van der Waals surface area contributed by atoms with Crippen molar-refractivity contribution in [1.29, 1.82) is 0 Å². The molecule has 2 aliphatic rings. The van der Waals surface area contributed by atoms with Crippen LogP contribution in [0.5, 0.6) is 0 Å². The van der Waals surface area contributed by atoms with E-state index < -0.39 is 0 Å². The molecule has 1 aromatic heterocycles. The molecule has 2 aliphatic carbocycles. The van der Waals surface area contributed by atoms with Crippen LogP contribution in [0.3, 0.4) is 0 Å². The highest BCUT2D eigenvalue weighted by Crippen LogP contribution is 2.57. The molecule has 3 atom stereocenters.